The number of rotatable bonds is 3. The van der Waals surface area contributed by atoms with Crippen molar-refractivity contribution in [3.05, 3.63) is 29.0 Å². The summed E-state index contributed by atoms with van der Waals surface area (Å²) in [5.74, 6) is 2.21. The minimum atomic E-state index is -0.299. The summed E-state index contributed by atoms with van der Waals surface area (Å²) in [7, 11) is 1.85. The molecule has 1 saturated heterocycles. The van der Waals surface area contributed by atoms with E-state index in [4.69, 9.17) is 0 Å². The predicted molar refractivity (Wildman–Crippen MR) is 99.1 cm³/mol. The predicted octanol–water partition coefficient (Wildman–Crippen LogP) is 2.65. The van der Waals surface area contributed by atoms with E-state index in [1.807, 2.05) is 33.2 Å². The molecule has 7 nitrogen and oxygen atoms in total. The third-order valence-corrected chi connectivity index (χ3v) is 5.45. The molecule has 0 aromatic carbocycles. The van der Waals surface area contributed by atoms with Gasteiger partial charge in [-0.15, -0.1) is 11.3 Å². The summed E-state index contributed by atoms with van der Waals surface area (Å²) in [4.78, 5) is 24.7. The summed E-state index contributed by atoms with van der Waals surface area (Å²) in [5.41, 5.74) is 1.13. The molecule has 25 heavy (non-hydrogen) atoms. The van der Waals surface area contributed by atoms with Crippen LogP contribution < -0.4 is 10.2 Å². The van der Waals surface area contributed by atoms with E-state index in [1.165, 1.54) is 0 Å². The first-order chi connectivity index (χ1) is 12.0. The molecule has 0 radical (unpaired) electrons. The standard InChI is InChI=1S/C17H20N6OS/c1-10-9-25-16-14(10)15(18-11(2)19-16)20-12-5-4-7-23(17(12)24)13-6-8-22(3)21-13/h6,8-9,12H,4-5,7H2,1-3H3,(H,18,19,20). The van der Waals surface area contributed by atoms with Crippen LogP contribution in [0, 0.1) is 13.8 Å². The first-order valence-corrected chi connectivity index (χ1v) is 9.21. The lowest BCUT2D eigenvalue weighted by molar-refractivity contribution is -0.120. The maximum Gasteiger partial charge on any atom is 0.250 e. The van der Waals surface area contributed by atoms with Gasteiger partial charge in [-0.3, -0.25) is 14.4 Å². The second-order valence-electron chi connectivity index (χ2n) is 6.39. The van der Waals surface area contributed by atoms with Crippen molar-refractivity contribution in [1.82, 2.24) is 19.7 Å². The van der Waals surface area contributed by atoms with Crippen LogP contribution in [-0.2, 0) is 11.8 Å². The van der Waals surface area contributed by atoms with Crippen molar-refractivity contribution in [3.8, 4) is 0 Å². The van der Waals surface area contributed by atoms with Crippen LogP contribution in [-0.4, -0.2) is 38.2 Å². The summed E-state index contributed by atoms with van der Waals surface area (Å²) < 4.78 is 1.71. The van der Waals surface area contributed by atoms with Gasteiger partial charge in [0.25, 0.3) is 5.91 Å². The molecule has 1 amide bonds. The molecule has 1 fully saturated rings. The number of anilines is 2. The normalized spacial score (nSPS) is 18.1. The molecule has 1 atom stereocenters. The zero-order valence-electron chi connectivity index (χ0n) is 14.5. The Morgan fingerprint density at radius 2 is 2.16 bits per heavy atom. The molecule has 0 saturated carbocycles. The first kappa shape index (κ1) is 16.0. The number of nitrogens with one attached hydrogen (secondary N) is 1. The van der Waals surface area contributed by atoms with E-state index in [-0.39, 0.29) is 11.9 Å². The number of aromatic nitrogens is 4. The molecular formula is C17H20N6OS. The van der Waals surface area contributed by atoms with Crippen LogP contribution in [0.3, 0.4) is 0 Å². The van der Waals surface area contributed by atoms with Crippen molar-refractivity contribution >= 4 is 39.1 Å². The van der Waals surface area contributed by atoms with Gasteiger partial charge in [0, 0.05) is 25.9 Å². The van der Waals surface area contributed by atoms with Gasteiger partial charge in [-0.05, 0) is 37.6 Å². The molecule has 4 rings (SSSR count). The fourth-order valence-electron chi connectivity index (χ4n) is 3.24. The minimum Gasteiger partial charge on any atom is -0.358 e. The Morgan fingerprint density at radius 3 is 2.92 bits per heavy atom. The third kappa shape index (κ3) is 2.86. The monoisotopic (exact) mass is 356 g/mol. The number of amides is 1. The van der Waals surface area contributed by atoms with Crippen LogP contribution in [0.2, 0.25) is 0 Å². The molecular weight excluding hydrogens is 336 g/mol. The SMILES string of the molecule is Cc1nc(NC2CCCN(c3ccn(C)n3)C2=O)c2c(C)csc2n1. The quantitative estimate of drug-likeness (QED) is 0.781. The second kappa shape index (κ2) is 6.11. The van der Waals surface area contributed by atoms with Crippen molar-refractivity contribution in [2.24, 2.45) is 7.05 Å². The summed E-state index contributed by atoms with van der Waals surface area (Å²) in [6, 6.07) is 1.57. The van der Waals surface area contributed by atoms with E-state index in [9.17, 15) is 4.79 Å². The number of fused-ring (bicyclic) bond motifs is 1. The highest BCUT2D eigenvalue weighted by Gasteiger charge is 2.31. The number of carbonyl (C=O) groups is 1. The second-order valence-corrected chi connectivity index (χ2v) is 7.25. The number of nitrogens with zero attached hydrogens (tertiary/aromatic N) is 5. The number of aryl methyl sites for hydroxylation is 3. The topological polar surface area (TPSA) is 75.9 Å². The lowest BCUT2D eigenvalue weighted by Gasteiger charge is -2.31. The number of hydrogen-bond acceptors (Lipinski definition) is 6. The van der Waals surface area contributed by atoms with E-state index >= 15 is 0 Å². The Hall–Kier alpha value is -2.48. The van der Waals surface area contributed by atoms with Crippen molar-refractivity contribution in [1.29, 1.82) is 0 Å². The molecule has 1 unspecified atom stereocenters. The van der Waals surface area contributed by atoms with E-state index in [0.29, 0.717) is 18.2 Å². The Labute approximate surface area is 149 Å². The molecule has 8 heteroatoms. The summed E-state index contributed by atoms with van der Waals surface area (Å²) in [6.07, 6.45) is 3.57. The average molecular weight is 356 g/mol. The van der Waals surface area contributed by atoms with Crippen LogP contribution in [0.15, 0.2) is 17.6 Å². The Balaban J connectivity index is 1.64. The number of carbonyl (C=O) groups excluding carboxylic acids is 1. The summed E-state index contributed by atoms with van der Waals surface area (Å²) in [5, 5.41) is 10.8. The lowest BCUT2D eigenvalue weighted by Crippen LogP contribution is -2.48. The zero-order valence-corrected chi connectivity index (χ0v) is 15.3. The number of piperidine rings is 1. The summed E-state index contributed by atoms with van der Waals surface area (Å²) >= 11 is 1.61. The van der Waals surface area contributed by atoms with Gasteiger partial charge >= 0.3 is 0 Å². The highest BCUT2D eigenvalue weighted by molar-refractivity contribution is 7.17. The first-order valence-electron chi connectivity index (χ1n) is 8.33. The van der Waals surface area contributed by atoms with Gasteiger partial charge in [-0.1, -0.05) is 0 Å². The van der Waals surface area contributed by atoms with Crippen LogP contribution >= 0.6 is 11.3 Å². The Morgan fingerprint density at radius 1 is 1.32 bits per heavy atom. The third-order valence-electron chi connectivity index (χ3n) is 4.45. The molecule has 3 aromatic rings. The molecule has 130 valence electrons. The van der Waals surface area contributed by atoms with Crippen molar-refractivity contribution in [2.45, 2.75) is 32.7 Å². The highest BCUT2D eigenvalue weighted by atomic mass is 32.1. The van der Waals surface area contributed by atoms with E-state index in [0.717, 1.165) is 34.4 Å². The number of hydrogen-bond donors (Lipinski definition) is 1. The van der Waals surface area contributed by atoms with Gasteiger partial charge in [-0.2, -0.15) is 5.10 Å². The smallest absolute Gasteiger partial charge is 0.250 e. The lowest BCUT2D eigenvalue weighted by atomic mass is 10.0. The number of thiophene rings is 1. The minimum absolute atomic E-state index is 0.0437. The average Bonchev–Trinajstić information content (AvgIpc) is 3.15. The maximum atomic E-state index is 13.0. The zero-order chi connectivity index (χ0) is 17.6. The molecule has 3 aromatic heterocycles. The van der Waals surface area contributed by atoms with Crippen LogP contribution in [0.5, 0.6) is 0 Å². The summed E-state index contributed by atoms with van der Waals surface area (Å²) in [6.45, 7) is 4.62. The van der Waals surface area contributed by atoms with E-state index in [1.54, 1.807) is 20.9 Å². The molecule has 1 aliphatic heterocycles. The van der Waals surface area contributed by atoms with Crippen LogP contribution in [0.25, 0.3) is 10.2 Å². The molecule has 0 bridgehead atoms. The van der Waals surface area contributed by atoms with Gasteiger partial charge in [0.05, 0.1) is 5.39 Å². The molecule has 1 N–H and O–H groups in total. The van der Waals surface area contributed by atoms with Crippen molar-refractivity contribution in [2.75, 3.05) is 16.8 Å². The molecule has 1 aliphatic rings. The van der Waals surface area contributed by atoms with Gasteiger partial charge in [0.15, 0.2) is 5.82 Å². The van der Waals surface area contributed by atoms with Gasteiger partial charge in [-0.25, -0.2) is 9.97 Å². The van der Waals surface area contributed by atoms with Crippen LogP contribution in [0.1, 0.15) is 24.2 Å². The molecule has 4 heterocycles. The van der Waals surface area contributed by atoms with E-state index < -0.39 is 0 Å². The van der Waals surface area contributed by atoms with E-state index in [2.05, 4.69) is 25.8 Å². The van der Waals surface area contributed by atoms with Crippen molar-refractivity contribution < 1.29 is 4.79 Å². The fourth-order valence-corrected chi connectivity index (χ4v) is 4.21. The maximum absolute atomic E-state index is 13.0. The van der Waals surface area contributed by atoms with Crippen molar-refractivity contribution in [3.63, 3.8) is 0 Å². The molecule has 0 aliphatic carbocycles. The van der Waals surface area contributed by atoms with Crippen LogP contribution in [0.4, 0.5) is 11.6 Å². The van der Waals surface area contributed by atoms with Gasteiger partial charge in [0.1, 0.15) is 22.5 Å². The Kier molecular flexibility index (Phi) is 3.91. The highest BCUT2D eigenvalue weighted by Crippen LogP contribution is 2.31. The van der Waals surface area contributed by atoms with Gasteiger partial charge < -0.3 is 5.32 Å². The fraction of sp³-hybridized carbons (Fsp3) is 0.412. The van der Waals surface area contributed by atoms with Gasteiger partial charge in [0.2, 0.25) is 0 Å². The Bertz CT molecular complexity index is 946. The molecule has 0 spiro atoms. The largest absolute Gasteiger partial charge is 0.358 e.